The van der Waals surface area contributed by atoms with Gasteiger partial charge in [-0.15, -0.1) is 0 Å². The lowest BCUT2D eigenvalue weighted by atomic mass is 10.1. The topological polar surface area (TPSA) is 77.8 Å². The number of hydrogen-bond donors (Lipinski definition) is 2. The fraction of sp³-hybridized carbons (Fsp3) is 0.762. The van der Waals surface area contributed by atoms with Gasteiger partial charge in [0.25, 0.3) is 0 Å². The van der Waals surface area contributed by atoms with E-state index in [0.29, 0.717) is 12.5 Å². The Morgan fingerprint density at radius 3 is 2.72 bits per heavy atom. The minimum atomic E-state index is 0.170. The Balaban J connectivity index is 1.58. The smallest absolute Gasteiger partial charge is 0.225 e. The molecule has 1 aromatic rings. The van der Waals surface area contributed by atoms with Crippen molar-refractivity contribution in [2.45, 2.75) is 51.1 Å². The molecule has 8 heteroatoms. The Hall–Kier alpha value is -2.09. The average Bonchev–Trinajstić information content (AvgIpc) is 3.43. The van der Waals surface area contributed by atoms with Crippen LogP contribution in [0.1, 0.15) is 50.6 Å². The third-order valence-corrected chi connectivity index (χ3v) is 6.04. The number of likely N-dealkylation sites (tertiary alicyclic amines) is 1. The molecule has 1 aromatic heterocycles. The molecule has 0 bridgehead atoms. The van der Waals surface area contributed by atoms with Crippen molar-refractivity contribution in [3.63, 3.8) is 0 Å². The van der Waals surface area contributed by atoms with E-state index in [2.05, 4.69) is 46.6 Å². The summed E-state index contributed by atoms with van der Waals surface area (Å²) in [6.45, 7) is 5.16. The lowest BCUT2D eigenvalue weighted by Crippen LogP contribution is -2.45. The second kappa shape index (κ2) is 10.1. The van der Waals surface area contributed by atoms with Crippen molar-refractivity contribution >= 4 is 11.9 Å². The molecule has 8 nitrogen and oxygen atoms in total. The maximum absolute atomic E-state index is 12.7. The van der Waals surface area contributed by atoms with E-state index in [9.17, 15) is 4.79 Å². The zero-order valence-corrected chi connectivity index (χ0v) is 18.4. The molecule has 2 fully saturated rings. The first-order chi connectivity index (χ1) is 14.0. The van der Waals surface area contributed by atoms with E-state index in [0.717, 1.165) is 50.4 Å². The van der Waals surface area contributed by atoms with Gasteiger partial charge in [0, 0.05) is 50.4 Å². The van der Waals surface area contributed by atoms with Gasteiger partial charge in [0.1, 0.15) is 0 Å². The largest absolute Gasteiger partial charge is 0.357 e. The van der Waals surface area contributed by atoms with Crippen molar-refractivity contribution in [3.05, 3.63) is 18.0 Å². The molecule has 2 aliphatic rings. The maximum atomic E-state index is 12.7. The molecule has 0 spiro atoms. The van der Waals surface area contributed by atoms with Crippen molar-refractivity contribution in [2.75, 3.05) is 40.3 Å². The van der Waals surface area contributed by atoms with Crippen molar-refractivity contribution in [3.8, 4) is 0 Å². The molecule has 2 heterocycles. The molecule has 3 rings (SSSR count). The van der Waals surface area contributed by atoms with Gasteiger partial charge in [-0.05, 0) is 40.3 Å². The fourth-order valence-corrected chi connectivity index (χ4v) is 4.38. The number of aryl methyl sites for hydroxylation is 1. The number of rotatable bonds is 7. The zero-order valence-electron chi connectivity index (χ0n) is 18.4. The summed E-state index contributed by atoms with van der Waals surface area (Å²) in [5, 5.41) is 11.2. The van der Waals surface area contributed by atoms with Gasteiger partial charge in [-0.25, -0.2) is 0 Å². The molecule has 1 saturated heterocycles. The summed E-state index contributed by atoms with van der Waals surface area (Å²) in [4.78, 5) is 21.8. The van der Waals surface area contributed by atoms with Crippen LogP contribution < -0.4 is 10.6 Å². The first kappa shape index (κ1) is 21.6. The molecular formula is C21H37N7O. The van der Waals surface area contributed by atoms with Gasteiger partial charge in [0.15, 0.2) is 5.96 Å². The fourth-order valence-electron chi connectivity index (χ4n) is 4.38. The van der Waals surface area contributed by atoms with E-state index in [1.54, 1.807) is 0 Å². The van der Waals surface area contributed by atoms with Crippen LogP contribution in [0.3, 0.4) is 0 Å². The van der Waals surface area contributed by atoms with Gasteiger partial charge in [-0.2, -0.15) is 5.10 Å². The molecule has 162 valence electrons. The Morgan fingerprint density at radius 2 is 2.10 bits per heavy atom. The number of nitrogens with zero attached hydrogens (tertiary/aromatic N) is 5. The molecule has 1 amide bonds. The SMILES string of the molecule is CCNC(=NCC(c1cnn(C)c1)N(C)C)NC1CCN(C(=O)C2CCCC2)C1. The molecule has 2 N–H and O–H groups in total. The van der Waals surface area contributed by atoms with Gasteiger partial charge in [-0.3, -0.25) is 14.5 Å². The standard InChI is InChI=1S/C21H37N7O/c1-5-22-21(23-13-19(26(2)3)17-12-24-27(4)14-17)25-18-10-11-28(15-18)20(29)16-8-6-7-9-16/h12,14,16,18-19H,5-11,13,15H2,1-4H3,(H2,22,23,25). The highest BCUT2D eigenvalue weighted by Gasteiger charge is 2.32. The van der Waals surface area contributed by atoms with Crippen LogP contribution in [-0.4, -0.2) is 77.8 Å². The minimum absolute atomic E-state index is 0.170. The van der Waals surface area contributed by atoms with E-state index >= 15 is 0 Å². The van der Waals surface area contributed by atoms with Crippen LogP contribution in [-0.2, 0) is 11.8 Å². The minimum Gasteiger partial charge on any atom is -0.357 e. The maximum Gasteiger partial charge on any atom is 0.225 e. The predicted octanol–water partition coefficient (Wildman–Crippen LogP) is 1.37. The van der Waals surface area contributed by atoms with Crippen LogP contribution in [0.4, 0.5) is 0 Å². The summed E-state index contributed by atoms with van der Waals surface area (Å²) in [7, 11) is 6.07. The lowest BCUT2D eigenvalue weighted by Gasteiger charge is -2.23. The van der Waals surface area contributed by atoms with Crippen LogP contribution in [0, 0.1) is 5.92 Å². The number of hydrogen-bond acceptors (Lipinski definition) is 4. The molecule has 1 aliphatic carbocycles. The van der Waals surface area contributed by atoms with Crippen LogP contribution in [0.5, 0.6) is 0 Å². The second-order valence-electron chi connectivity index (χ2n) is 8.54. The number of carbonyl (C=O) groups is 1. The van der Waals surface area contributed by atoms with Gasteiger partial charge in [0.2, 0.25) is 5.91 Å². The van der Waals surface area contributed by atoms with Gasteiger partial charge in [-0.1, -0.05) is 12.8 Å². The molecule has 29 heavy (non-hydrogen) atoms. The summed E-state index contributed by atoms with van der Waals surface area (Å²) >= 11 is 0. The number of amides is 1. The highest BCUT2D eigenvalue weighted by atomic mass is 16.2. The van der Waals surface area contributed by atoms with Gasteiger partial charge < -0.3 is 20.4 Å². The number of aromatic nitrogens is 2. The summed E-state index contributed by atoms with van der Waals surface area (Å²) in [5.41, 5.74) is 1.16. The van der Waals surface area contributed by atoms with Crippen LogP contribution in [0.15, 0.2) is 17.4 Å². The van der Waals surface area contributed by atoms with Crippen molar-refractivity contribution < 1.29 is 4.79 Å². The predicted molar refractivity (Wildman–Crippen MR) is 116 cm³/mol. The van der Waals surface area contributed by atoms with Gasteiger partial charge >= 0.3 is 0 Å². The van der Waals surface area contributed by atoms with E-state index < -0.39 is 0 Å². The molecule has 2 atom stereocenters. The summed E-state index contributed by atoms with van der Waals surface area (Å²) in [5.74, 6) is 1.44. The highest BCUT2D eigenvalue weighted by Crippen LogP contribution is 2.27. The number of likely N-dealkylation sites (N-methyl/N-ethyl adjacent to an activating group) is 1. The van der Waals surface area contributed by atoms with E-state index in [-0.39, 0.29) is 18.0 Å². The molecule has 2 unspecified atom stereocenters. The summed E-state index contributed by atoms with van der Waals surface area (Å²) in [6, 6.07) is 0.428. The van der Waals surface area contributed by atoms with Crippen LogP contribution in [0.25, 0.3) is 0 Å². The average molecular weight is 404 g/mol. The quantitative estimate of drug-likeness (QED) is 0.531. The Morgan fingerprint density at radius 1 is 1.34 bits per heavy atom. The normalized spacial score (nSPS) is 21.8. The first-order valence-electron chi connectivity index (χ1n) is 11.0. The van der Waals surface area contributed by atoms with Crippen molar-refractivity contribution in [1.29, 1.82) is 0 Å². The number of guanidine groups is 1. The molecule has 0 radical (unpaired) electrons. The monoisotopic (exact) mass is 403 g/mol. The molecule has 1 saturated carbocycles. The Labute approximate surface area is 174 Å². The second-order valence-corrected chi connectivity index (χ2v) is 8.54. The third-order valence-electron chi connectivity index (χ3n) is 6.04. The van der Waals surface area contributed by atoms with Crippen molar-refractivity contribution in [1.82, 2.24) is 30.2 Å². The molecular weight excluding hydrogens is 366 g/mol. The first-order valence-corrected chi connectivity index (χ1v) is 11.0. The van der Waals surface area contributed by atoms with E-state index in [1.807, 2.05) is 24.1 Å². The Kier molecular flexibility index (Phi) is 7.52. The number of aliphatic imine (C=N–C) groups is 1. The van der Waals surface area contributed by atoms with E-state index in [4.69, 9.17) is 4.99 Å². The van der Waals surface area contributed by atoms with Gasteiger partial charge in [0.05, 0.1) is 18.8 Å². The molecule has 1 aliphatic heterocycles. The molecule has 0 aromatic carbocycles. The number of carbonyl (C=O) groups excluding carboxylic acids is 1. The van der Waals surface area contributed by atoms with Crippen LogP contribution >= 0.6 is 0 Å². The van der Waals surface area contributed by atoms with E-state index in [1.165, 1.54) is 12.8 Å². The third kappa shape index (κ3) is 5.72. The van der Waals surface area contributed by atoms with Crippen LogP contribution in [0.2, 0.25) is 0 Å². The summed E-state index contributed by atoms with van der Waals surface area (Å²) < 4.78 is 1.83. The Bertz CT molecular complexity index is 693. The highest BCUT2D eigenvalue weighted by molar-refractivity contribution is 5.81. The van der Waals surface area contributed by atoms with Crippen molar-refractivity contribution in [2.24, 2.45) is 18.0 Å². The summed E-state index contributed by atoms with van der Waals surface area (Å²) in [6.07, 6.45) is 9.46. The lowest BCUT2D eigenvalue weighted by molar-refractivity contribution is -0.134. The number of nitrogens with one attached hydrogen (secondary N) is 2. The zero-order chi connectivity index (χ0) is 20.8.